The predicted molar refractivity (Wildman–Crippen MR) is 71.1 cm³/mol. The van der Waals surface area contributed by atoms with E-state index in [-0.39, 0.29) is 5.54 Å². The van der Waals surface area contributed by atoms with Crippen LogP contribution < -0.4 is 5.73 Å². The van der Waals surface area contributed by atoms with Gasteiger partial charge < -0.3 is 10.5 Å². The van der Waals surface area contributed by atoms with E-state index in [1.807, 2.05) is 0 Å². The molecule has 2 rings (SSSR count). The van der Waals surface area contributed by atoms with Crippen molar-refractivity contribution < 1.29 is 4.74 Å². The van der Waals surface area contributed by atoms with Gasteiger partial charge in [-0.3, -0.25) is 4.90 Å². The van der Waals surface area contributed by atoms with Crippen molar-refractivity contribution in [3.05, 3.63) is 0 Å². The number of hydrogen-bond donors (Lipinski definition) is 1. The van der Waals surface area contributed by atoms with E-state index >= 15 is 0 Å². The first-order valence-electron chi connectivity index (χ1n) is 7.40. The molecule has 1 heterocycles. The molecule has 2 N–H and O–H groups in total. The normalized spacial score (nSPS) is 28.1. The Kier molecular flexibility index (Phi) is 5.26. The first-order valence-corrected chi connectivity index (χ1v) is 7.40. The molecule has 100 valence electrons. The molecule has 0 amide bonds. The molecule has 2 aliphatic rings. The average molecular weight is 240 g/mol. The minimum atomic E-state index is 0.286. The maximum absolute atomic E-state index is 6.16. The molecule has 17 heavy (non-hydrogen) atoms. The van der Waals surface area contributed by atoms with Crippen molar-refractivity contribution >= 4 is 0 Å². The van der Waals surface area contributed by atoms with Gasteiger partial charge in [0, 0.05) is 31.8 Å². The molecule has 0 unspecified atom stereocenters. The van der Waals surface area contributed by atoms with Gasteiger partial charge in [0.1, 0.15) is 0 Å². The summed E-state index contributed by atoms with van der Waals surface area (Å²) in [6.45, 7) is 4.90. The molecule has 1 aliphatic carbocycles. The number of nitrogens with two attached hydrogens (primary N) is 1. The first kappa shape index (κ1) is 13.3. The Morgan fingerprint density at radius 1 is 0.882 bits per heavy atom. The van der Waals surface area contributed by atoms with Crippen molar-refractivity contribution in [3.63, 3.8) is 0 Å². The van der Waals surface area contributed by atoms with Crippen molar-refractivity contribution in [1.29, 1.82) is 0 Å². The summed E-state index contributed by atoms with van der Waals surface area (Å²) in [7, 11) is 0. The molecule has 0 bridgehead atoms. The van der Waals surface area contributed by atoms with Crippen LogP contribution in [0.5, 0.6) is 0 Å². The summed E-state index contributed by atoms with van der Waals surface area (Å²) in [5.74, 6) is 0. The van der Waals surface area contributed by atoms with Crippen LogP contribution in [0.2, 0.25) is 0 Å². The number of nitrogens with zero attached hydrogens (tertiary/aromatic N) is 1. The smallest absolute Gasteiger partial charge is 0.0593 e. The van der Waals surface area contributed by atoms with Crippen molar-refractivity contribution in [3.8, 4) is 0 Å². The van der Waals surface area contributed by atoms with Crippen LogP contribution >= 0.6 is 0 Å². The summed E-state index contributed by atoms with van der Waals surface area (Å²) >= 11 is 0. The molecule has 0 radical (unpaired) electrons. The van der Waals surface area contributed by atoms with Gasteiger partial charge in [-0.2, -0.15) is 0 Å². The standard InChI is InChI=1S/C14H28N2O/c15-13-14(7-4-2-1-3-5-8-14)16-9-6-11-17-12-10-16/h1-13,15H2. The van der Waals surface area contributed by atoms with Gasteiger partial charge in [-0.25, -0.2) is 0 Å². The van der Waals surface area contributed by atoms with Gasteiger partial charge in [0.2, 0.25) is 0 Å². The summed E-state index contributed by atoms with van der Waals surface area (Å²) in [4.78, 5) is 2.64. The molecule has 2 fully saturated rings. The van der Waals surface area contributed by atoms with Crippen molar-refractivity contribution in [1.82, 2.24) is 4.90 Å². The fourth-order valence-corrected chi connectivity index (χ4v) is 3.43. The molecule has 1 saturated heterocycles. The lowest BCUT2D eigenvalue weighted by molar-refractivity contribution is 0.0603. The Bertz CT molecular complexity index is 204. The topological polar surface area (TPSA) is 38.5 Å². The lowest BCUT2D eigenvalue weighted by Crippen LogP contribution is -2.55. The van der Waals surface area contributed by atoms with Crippen LogP contribution in [0.1, 0.15) is 51.4 Å². The molecule has 1 saturated carbocycles. The summed E-state index contributed by atoms with van der Waals surface area (Å²) < 4.78 is 5.58. The molecule has 0 spiro atoms. The van der Waals surface area contributed by atoms with Gasteiger partial charge in [0.15, 0.2) is 0 Å². The highest BCUT2D eigenvalue weighted by Gasteiger charge is 2.35. The number of hydrogen-bond acceptors (Lipinski definition) is 3. The second-order valence-electron chi connectivity index (χ2n) is 5.65. The Labute approximate surface area is 106 Å². The van der Waals surface area contributed by atoms with Crippen LogP contribution in [0.3, 0.4) is 0 Å². The van der Waals surface area contributed by atoms with E-state index < -0.39 is 0 Å². The summed E-state index contributed by atoms with van der Waals surface area (Å²) in [6, 6.07) is 0. The maximum atomic E-state index is 6.16. The molecular weight excluding hydrogens is 212 g/mol. The molecule has 0 atom stereocenters. The highest BCUT2D eigenvalue weighted by atomic mass is 16.5. The average Bonchev–Trinajstić information content (AvgIpc) is 2.59. The minimum Gasteiger partial charge on any atom is -0.380 e. The SMILES string of the molecule is NCC1(N2CCCOCC2)CCCCCCC1. The van der Waals surface area contributed by atoms with E-state index in [2.05, 4.69) is 4.90 Å². The fourth-order valence-electron chi connectivity index (χ4n) is 3.43. The lowest BCUT2D eigenvalue weighted by Gasteiger charge is -2.44. The quantitative estimate of drug-likeness (QED) is 0.804. The number of rotatable bonds is 2. The van der Waals surface area contributed by atoms with E-state index in [0.717, 1.165) is 26.3 Å². The van der Waals surface area contributed by atoms with E-state index in [1.54, 1.807) is 0 Å². The van der Waals surface area contributed by atoms with Crippen LogP contribution in [0.15, 0.2) is 0 Å². The Morgan fingerprint density at radius 2 is 1.59 bits per heavy atom. The molecular formula is C14H28N2O. The number of ether oxygens (including phenoxy) is 1. The zero-order chi connectivity index (χ0) is 12.0. The van der Waals surface area contributed by atoms with Gasteiger partial charge in [-0.15, -0.1) is 0 Å². The summed E-state index contributed by atoms with van der Waals surface area (Å²) in [6.07, 6.45) is 10.7. The van der Waals surface area contributed by atoms with Crippen molar-refractivity contribution in [2.24, 2.45) is 5.73 Å². The van der Waals surface area contributed by atoms with E-state index in [0.29, 0.717) is 0 Å². The maximum Gasteiger partial charge on any atom is 0.0593 e. The Hall–Kier alpha value is -0.120. The third-order valence-corrected chi connectivity index (χ3v) is 4.56. The van der Waals surface area contributed by atoms with Gasteiger partial charge in [-0.1, -0.05) is 32.1 Å². The second-order valence-corrected chi connectivity index (χ2v) is 5.65. The van der Waals surface area contributed by atoms with Crippen molar-refractivity contribution in [2.75, 3.05) is 32.8 Å². The minimum absolute atomic E-state index is 0.286. The molecule has 1 aliphatic heterocycles. The predicted octanol–water partition coefficient (Wildman–Crippen LogP) is 2.15. The molecule has 3 nitrogen and oxygen atoms in total. The summed E-state index contributed by atoms with van der Waals surface area (Å²) in [5.41, 5.74) is 6.44. The van der Waals surface area contributed by atoms with Gasteiger partial charge >= 0.3 is 0 Å². The fraction of sp³-hybridized carbons (Fsp3) is 1.00. The lowest BCUT2D eigenvalue weighted by atomic mass is 9.82. The molecule has 0 aromatic carbocycles. The third kappa shape index (κ3) is 3.43. The van der Waals surface area contributed by atoms with Gasteiger partial charge in [-0.05, 0) is 19.3 Å². The monoisotopic (exact) mass is 240 g/mol. The second kappa shape index (κ2) is 6.72. The van der Waals surface area contributed by atoms with Crippen LogP contribution in [0, 0.1) is 0 Å². The zero-order valence-electron chi connectivity index (χ0n) is 11.1. The van der Waals surface area contributed by atoms with Crippen LogP contribution in [-0.4, -0.2) is 43.3 Å². The molecule has 0 aromatic rings. The summed E-state index contributed by atoms with van der Waals surface area (Å²) in [5, 5.41) is 0. The highest BCUT2D eigenvalue weighted by molar-refractivity contribution is 4.93. The Balaban J connectivity index is 2.03. The highest BCUT2D eigenvalue weighted by Crippen LogP contribution is 2.31. The van der Waals surface area contributed by atoms with E-state index in [1.165, 1.54) is 57.9 Å². The zero-order valence-corrected chi connectivity index (χ0v) is 11.1. The van der Waals surface area contributed by atoms with Crippen LogP contribution in [-0.2, 0) is 4.74 Å². The van der Waals surface area contributed by atoms with E-state index in [9.17, 15) is 0 Å². The first-order chi connectivity index (χ1) is 8.37. The Morgan fingerprint density at radius 3 is 2.29 bits per heavy atom. The largest absolute Gasteiger partial charge is 0.380 e. The van der Waals surface area contributed by atoms with Crippen LogP contribution in [0.4, 0.5) is 0 Å². The van der Waals surface area contributed by atoms with E-state index in [4.69, 9.17) is 10.5 Å². The van der Waals surface area contributed by atoms with Crippen molar-refractivity contribution in [2.45, 2.75) is 56.9 Å². The van der Waals surface area contributed by atoms with Gasteiger partial charge in [0.25, 0.3) is 0 Å². The molecule has 3 heteroatoms. The third-order valence-electron chi connectivity index (χ3n) is 4.56. The van der Waals surface area contributed by atoms with Crippen LogP contribution in [0.25, 0.3) is 0 Å². The molecule has 0 aromatic heterocycles. The van der Waals surface area contributed by atoms with Gasteiger partial charge in [0.05, 0.1) is 6.61 Å².